The lowest BCUT2D eigenvalue weighted by Crippen LogP contribution is -2.16. The van der Waals surface area contributed by atoms with Crippen LogP contribution in [0.25, 0.3) is 16.7 Å². The van der Waals surface area contributed by atoms with Crippen molar-refractivity contribution in [3.63, 3.8) is 0 Å². The van der Waals surface area contributed by atoms with Crippen LogP contribution in [0.2, 0.25) is 0 Å². The molecule has 2 aromatic heterocycles. The van der Waals surface area contributed by atoms with Crippen molar-refractivity contribution in [2.24, 2.45) is 0 Å². The summed E-state index contributed by atoms with van der Waals surface area (Å²) in [7, 11) is 0. The number of aromatic hydroxyl groups is 1. The SMILES string of the molecule is Cc1cc2[nH]c3c(C#N)c(O)c(C)c(=O)n3c2cc1C. The zero-order valence-electron chi connectivity index (χ0n) is 11.4. The Morgan fingerprint density at radius 3 is 2.55 bits per heavy atom. The Bertz CT molecular complexity index is 971. The molecule has 5 heteroatoms. The number of fused-ring (bicyclic) bond motifs is 3. The highest BCUT2D eigenvalue weighted by Crippen LogP contribution is 2.26. The van der Waals surface area contributed by atoms with Crippen LogP contribution in [-0.4, -0.2) is 14.5 Å². The minimum atomic E-state index is -0.314. The maximum absolute atomic E-state index is 12.4. The number of rotatable bonds is 0. The molecular weight excluding hydrogens is 254 g/mol. The number of aromatic amines is 1. The van der Waals surface area contributed by atoms with Crippen LogP contribution < -0.4 is 5.56 Å². The third-order valence-electron chi connectivity index (χ3n) is 3.79. The Morgan fingerprint density at radius 2 is 1.90 bits per heavy atom. The topological polar surface area (TPSA) is 81.3 Å². The molecule has 0 spiro atoms. The predicted molar refractivity (Wildman–Crippen MR) is 76.1 cm³/mol. The molecule has 0 saturated carbocycles. The number of benzene rings is 1. The molecule has 2 heterocycles. The van der Waals surface area contributed by atoms with Crippen LogP contribution in [-0.2, 0) is 0 Å². The normalized spacial score (nSPS) is 11.1. The van der Waals surface area contributed by atoms with Gasteiger partial charge in [-0.1, -0.05) is 0 Å². The van der Waals surface area contributed by atoms with Crippen LogP contribution in [0.5, 0.6) is 5.75 Å². The fraction of sp³-hybridized carbons (Fsp3) is 0.200. The van der Waals surface area contributed by atoms with E-state index in [-0.39, 0.29) is 22.4 Å². The third kappa shape index (κ3) is 1.39. The first-order chi connectivity index (χ1) is 9.45. The standard InChI is InChI=1S/C15H13N3O2/c1-7-4-11-12(5-8(7)2)18-14(17-11)10(6-16)13(19)9(3)15(18)20/h4-5,17,19H,1-3H3. The van der Waals surface area contributed by atoms with Gasteiger partial charge in [0, 0.05) is 0 Å². The van der Waals surface area contributed by atoms with Gasteiger partial charge in [-0.3, -0.25) is 9.20 Å². The third-order valence-corrected chi connectivity index (χ3v) is 3.79. The molecule has 5 nitrogen and oxygen atoms in total. The molecule has 3 rings (SSSR count). The number of pyridine rings is 1. The minimum Gasteiger partial charge on any atom is -0.506 e. The number of nitrogens with zero attached hydrogens (tertiary/aromatic N) is 2. The molecular formula is C15H13N3O2. The number of nitriles is 1. The first kappa shape index (κ1) is 12.3. The second kappa shape index (κ2) is 3.87. The maximum atomic E-state index is 12.4. The van der Waals surface area contributed by atoms with Crippen molar-refractivity contribution in [3.05, 3.63) is 44.7 Å². The molecule has 1 aromatic carbocycles. The minimum absolute atomic E-state index is 0.0913. The van der Waals surface area contributed by atoms with Crippen LogP contribution >= 0.6 is 0 Å². The van der Waals surface area contributed by atoms with Crippen molar-refractivity contribution in [3.8, 4) is 11.8 Å². The van der Waals surface area contributed by atoms with E-state index < -0.39 is 0 Å². The predicted octanol–water partition coefficient (Wildman–Crippen LogP) is 2.28. The van der Waals surface area contributed by atoms with Gasteiger partial charge in [-0.15, -0.1) is 0 Å². The molecule has 0 bridgehead atoms. The number of hydrogen-bond donors (Lipinski definition) is 2. The Labute approximate surface area is 114 Å². The summed E-state index contributed by atoms with van der Waals surface area (Å²) < 4.78 is 1.45. The van der Waals surface area contributed by atoms with Gasteiger partial charge in [0.25, 0.3) is 5.56 Å². The average Bonchev–Trinajstić information content (AvgIpc) is 2.76. The molecule has 100 valence electrons. The molecule has 0 fully saturated rings. The van der Waals surface area contributed by atoms with Gasteiger partial charge < -0.3 is 10.1 Å². The summed E-state index contributed by atoms with van der Waals surface area (Å²) in [5.41, 5.74) is 3.93. The Kier molecular flexibility index (Phi) is 2.38. The number of imidazole rings is 1. The van der Waals surface area contributed by atoms with Crippen molar-refractivity contribution < 1.29 is 5.11 Å². The molecule has 0 atom stereocenters. The Balaban J connectivity index is 2.69. The van der Waals surface area contributed by atoms with E-state index in [4.69, 9.17) is 0 Å². The summed E-state index contributed by atoms with van der Waals surface area (Å²) >= 11 is 0. The molecule has 0 amide bonds. The van der Waals surface area contributed by atoms with Gasteiger partial charge in [0.2, 0.25) is 0 Å². The lowest BCUT2D eigenvalue weighted by Gasteiger charge is -2.04. The second-order valence-electron chi connectivity index (χ2n) is 5.03. The number of H-pyrrole nitrogens is 1. The lowest BCUT2D eigenvalue weighted by atomic mass is 10.1. The summed E-state index contributed by atoms with van der Waals surface area (Å²) in [6.07, 6.45) is 0. The molecule has 0 aliphatic rings. The molecule has 0 aliphatic carbocycles. The molecule has 0 aliphatic heterocycles. The van der Waals surface area contributed by atoms with E-state index in [9.17, 15) is 15.2 Å². The molecule has 3 aromatic rings. The van der Waals surface area contributed by atoms with Crippen LogP contribution in [0.4, 0.5) is 0 Å². The summed E-state index contributed by atoms with van der Waals surface area (Å²) in [4.78, 5) is 15.4. The summed E-state index contributed by atoms with van der Waals surface area (Å²) in [5.74, 6) is -0.252. The van der Waals surface area contributed by atoms with Gasteiger partial charge in [0.15, 0.2) is 0 Å². The quantitative estimate of drug-likeness (QED) is 0.655. The highest BCUT2D eigenvalue weighted by Gasteiger charge is 2.18. The molecule has 0 radical (unpaired) electrons. The molecule has 2 N–H and O–H groups in total. The van der Waals surface area contributed by atoms with E-state index in [1.165, 1.54) is 11.3 Å². The summed E-state index contributed by atoms with van der Waals surface area (Å²) in [5, 5.41) is 19.2. The zero-order chi connectivity index (χ0) is 14.6. The van der Waals surface area contributed by atoms with Crippen molar-refractivity contribution in [2.45, 2.75) is 20.8 Å². The van der Waals surface area contributed by atoms with E-state index in [0.29, 0.717) is 11.2 Å². The van der Waals surface area contributed by atoms with Gasteiger partial charge in [-0.05, 0) is 44.0 Å². The fourth-order valence-electron chi connectivity index (χ4n) is 2.45. The van der Waals surface area contributed by atoms with Crippen molar-refractivity contribution in [1.29, 1.82) is 5.26 Å². The van der Waals surface area contributed by atoms with Crippen LogP contribution in [0.15, 0.2) is 16.9 Å². The summed E-state index contributed by atoms with van der Waals surface area (Å²) in [6, 6.07) is 5.80. The van der Waals surface area contributed by atoms with Crippen molar-refractivity contribution >= 4 is 16.7 Å². The Hall–Kier alpha value is -2.74. The first-order valence-electron chi connectivity index (χ1n) is 6.23. The fourth-order valence-corrected chi connectivity index (χ4v) is 2.45. The van der Waals surface area contributed by atoms with Crippen LogP contribution in [0.3, 0.4) is 0 Å². The first-order valence-corrected chi connectivity index (χ1v) is 6.23. The van der Waals surface area contributed by atoms with Gasteiger partial charge in [0.05, 0.1) is 16.6 Å². The average molecular weight is 267 g/mol. The zero-order valence-corrected chi connectivity index (χ0v) is 11.4. The van der Waals surface area contributed by atoms with Gasteiger partial charge in [-0.2, -0.15) is 5.26 Å². The largest absolute Gasteiger partial charge is 0.506 e. The van der Waals surface area contributed by atoms with E-state index in [0.717, 1.165) is 16.6 Å². The summed E-state index contributed by atoms with van der Waals surface area (Å²) in [6.45, 7) is 5.47. The smallest absolute Gasteiger partial charge is 0.263 e. The maximum Gasteiger partial charge on any atom is 0.263 e. The van der Waals surface area contributed by atoms with E-state index in [1.54, 1.807) is 0 Å². The molecule has 0 saturated heterocycles. The van der Waals surface area contributed by atoms with E-state index >= 15 is 0 Å². The van der Waals surface area contributed by atoms with Gasteiger partial charge >= 0.3 is 0 Å². The monoisotopic (exact) mass is 267 g/mol. The van der Waals surface area contributed by atoms with Crippen LogP contribution in [0, 0.1) is 32.1 Å². The van der Waals surface area contributed by atoms with E-state index in [2.05, 4.69) is 4.98 Å². The van der Waals surface area contributed by atoms with Gasteiger partial charge in [-0.25, -0.2) is 0 Å². The van der Waals surface area contributed by atoms with Crippen molar-refractivity contribution in [1.82, 2.24) is 9.38 Å². The molecule has 0 unspecified atom stereocenters. The number of hydrogen-bond acceptors (Lipinski definition) is 3. The van der Waals surface area contributed by atoms with Gasteiger partial charge in [0.1, 0.15) is 23.0 Å². The van der Waals surface area contributed by atoms with E-state index in [1.807, 2.05) is 32.0 Å². The van der Waals surface area contributed by atoms with Crippen molar-refractivity contribution in [2.75, 3.05) is 0 Å². The highest BCUT2D eigenvalue weighted by molar-refractivity contribution is 5.84. The lowest BCUT2D eigenvalue weighted by molar-refractivity contribution is 0.468. The number of aromatic nitrogens is 2. The number of aryl methyl sites for hydroxylation is 2. The molecule has 20 heavy (non-hydrogen) atoms. The number of nitrogens with one attached hydrogen (secondary N) is 1. The Morgan fingerprint density at radius 1 is 1.25 bits per heavy atom. The van der Waals surface area contributed by atoms with Crippen LogP contribution in [0.1, 0.15) is 22.3 Å². The second-order valence-corrected chi connectivity index (χ2v) is 5.03. The highest BCUT2D eigenvalue weighted by atomic mass is 16.3.